The van der Waals surface area contributed by atoms with Gasteiger partial charge in [-0.3, -0.25) is 0 Å². The van der Waals surface area contributed by atoms with Crippen LogP contribution in [0, 0.1) is 0 Å². The number of hydrogen-bond acceptors (Lipinski definition) is 11. The molecule has 0 aliphatic heterocycles. The van der Waals surface area contributed by atoms with Gasteiger partial charge >= 0.3 is 12.1 Å². The van der Waals surface area contributed by atoms with Crippen LogP contribution < -0.4 is 24.3 Å². The number of hydrogen-bond donors (Lipinski definition) is 2. The van der Waals surface area contributed by atoms with E-state index in [9.17, 15) is 14.7 Å². The molecule has 1 amide bonds. The SMILES string of the molecule is C=CC(=O)OCCCCCNC(=O)OC(COCCOc1cccc(OCCOCC(O)COc2ccccc2)c1)COc1ccccc1. The number of nitrogens with one attached hydrogen (secondary N) is 1. The van der Waals surface area contributed by atoms with Crippen LogP contribution in [0.2, 0.25) is 0 Å². The van der Waals surface area contributed by atoms with Gasteiger partial charge in [0.05, 0.1) is 33.0 Å². The number of aliphatic hydroxyl groups excluding tert-OH is 1. The third-order valence-electron chi connectivity index (χ3n) is 6.55. The summed E-state index contributed by atoms with van der Waals surface area (Å²) < 4.78 is 44.6. The van der Waals surface area contributed by atoms with Gasteiger partial charge in [-0.25, -0.2) is 9.59 Å². The standard InChI is InChI=1S/C37H47NO11/c1-2-36(40)46-20-11-5-10-19-38-37(41)49-35(29-48-32-15-8-4-9-16-32)28-43-22-24-45-34-18-12-17-33(25-34)44-23-21-42-26-30(39)27-47-31-13-6-3-7-14-31/h2-4,6-9,12-18,25,30,35,39H,1,5,10-11,19-24,26-29H2,(H,38,41). The van der Waals surface area contributed by atoms with Crippen LogP contribution in [0.1, 0.15) is 19.3 Å². The van der Waals surface area contributed by atoms with Crippen LogP contribution in [0.25, 0.3) is 0 Å². The summed E-state index contributed by atoms with van der Waals surface area (Å²) in [5, 5.41) is 12.8. The van der Waals surface area contributed by atoms with Gasteiger partial charge in [0.2, 0.25) is 0 Å². The van der Waals surface area contributed by atoms with Gasteiger partial charge in [0.25, 0.3) is 0 Å². The molecule has 2 atom stereocenters. The Morgan fingerprint density at radius 1 is 0.653 bits per heavy atom. The number of carbonyl (C=O) groups excluding carboxylic acids is 2. The van der Waals surface area contributed by atoms with E-state index < -0.39 is 24.3 Å². The summed E-state index contributed by atoms with van der Waals surface area (Å²) in [6.45, 7) is 5.67. The molecule has 0 saturated heterocycles. The number of aliphatic hydroxyl groups is 1. The highest BCUT2D eigenvalue weighted by Crippen LogP contribution is 2.19. The van der Waals surface area contributed by atoms with Gasteiger partial charge in [-0.05, 0) is 55.7 Å². The van der Waals surface area contributed by atoms with Crippen molar-refractivity contribution in [1.29, 1.82) is 0 Å². The van der Waals surface area contributed by atoms with Gasteiger partial charge in [-0.2, -0.15) is 0 Å². The first kappa shape index (κ1) is 38.7. The molecule has 0 fully saturated rings. The molecule has 0 aliphatic rings. The van der Waals surface area contributed by atoms with Crippen LogP contribution in [0.5, 0.6) is 23.0 Å². The van der Waals surface area contributed by atoms with Crippen LogP contribution >= 0.6 is 0 Å². The lowest BCUT2D eigenvalue weighted by atomic mass is 10.2. The maximum Gasteiger partial charge on any atom is 0.407 e. The van der Waals surface area contributed by atoms with E-state index in [1.807, 2.05) is 78.9 Å². The lowest BCUT2D eigenvalue weighted by molar-refractivity contribution is -0.137. The quantitative estimate of drug-likeness (QED) is 0.0673. The Bertz CT molecular complexity index is 1330. The van der Waals surface area contributed by atoms with Gasteiger partial charge in [0.1, 0.15) is 55.5 Å². The second-order valence-electron chi connectivity index (χ2n) is 10.6. The summed E-state index contributed by atoms with van der Waals surface area (Å²) in [5.41, 5.74) is 0. The van der Waals surface area contributed by atoms with Crippen molar-refractivity contribution < 1.29 is 52.6 Å². The van der Waals surface area contributed by atoms with Gasteiger partial charge in [-0.15, -0.1) is 0 Å². The zero-order chi connectivity index (χ0) is 34.8. The second-order valence-corrected chi connectivity index (χ2v) is 10.6. The third kappa shape index (κ3) is 18.4. The molecule has 0 saturated carbocycles. The van der Waals surface area contributed by atoms with Gasteiger partial charge in [0, 0.05) is 18.7 Å². The van der Waals surface area contributed by atoms with E-state index in [1.54, 1.807) is 6.07 Å². The van der Waals surface area contributed by atoms with Crippen molar-refractivity contribution in [3.63, 3.8) is 0 Å². The average Bonchev–Trinajstić information content (AvgIpc) is 3.13. The van der Waals surface area contributed by atoms with Crippen molar-refractivity contribution >= 4 is 12.1 Å². The fraction of sp³-hybridized carbons (Fsp3) is 0.405. The highest BCUT2D eigenvalue weighted by Gasteiger charge is 2.16. The number of ether oxygens (including phenoxy) is 8. The van der Waals surface area contributed by atoms with Crippen molar-refractivity contribution in [2.45, 2.75) is 31.5 Å². The lowest BCUT2D eigenvalue weighted by Gasteiger charge is -2.19. The van der Waals surface area contributed by atoms with E-state index in [4.69, 9.17) is 37.9 Å². The Balaban J connectivity index is 1.29. The normalized spacial score (nSPS) is 11.9. The van der Waals surface area contributed by atoms with Crippen molar-refractivity contribution in [2.24, 2.45) is 0 Å². The highest BCUT2D eigenvalue weighted by molar-refractivity contribution is 5.81. The van der Waals surface area contributed by atoms with Crippen molar-refractivity contribution in [2.75, 3.05) is 66.0 Å². The lowest BCUT2D eigenvalue weighted by Crippen LogP contribution is -2.35. The molecule has 266 valence electrons. The molecular weight excluding hydrogens is 634 g/mol. The van der Waals surface area contributed by atoms with E-state index in [0.717, 1.165) is 12.5 Å². The van der Waals surface area contributed by atoms with E-state index in [1.165, 1.54) is 0 Å². The number of carbonyl (C=O) groups is 2. The largest absolute Gasteiger partial charge is 0.491 e. The van der Waals surface area contributed by atoms with E-state index in [-0.39, 0.29) is 39.6 Å². The third-order valence-corrected chi connectivity index (χ3v) is 6.55. The molecule has 12 heteroatoms. The fourth-order valence-corrected chi connectivity index (χ4v) is 4.12. The summed E-state index contributed by atoms with van der Waals surface area (Å²) in [5.74, 6) is 2.11. The molecule has 2 unspecified atom stereocenters. The Morgan fingerprint density at radius 2 is 1.24 bits per heavy atom. The summed E-state index contributed by atoms with van der Waals surface area (Å²) in [6, 6.07) is 25.7. The minimum atomic E-state index is -0.751. The molecule has 3 aromatic carbocycles. The van der Waals surface area contributed by atoms with E-state index >= 15 is 0 Å². The number of rotatable bonds is 26. The summed E-state index contributed by atoms with van der Waals surface area (Å²) >= 11 is 0. The maximum atomic E-state index is 12.4. The van der Waals surface area contributed by atoms with Gasteiger partial charge < -0.3 is 48.3 Å². The second kappa shape index (κ2) is 24.4. The average molecular weight is 682 g/mol. The predicted molar refractivity (Wildman–Crippen MR) is 182 cm³/mol. The van der Waals surface area contributed by atoms with Crippen molar-refractivity contribution in [3.05, 3.63) is 97.6 Å². The summed E-state index contributed by atoms with van der Waals surface area (Å²) in [6.07, 6.45) is 1.31. The molecule has 2 N–H and O–H groups in total. The number of benzene rings is 3. The molecule has 49 heavy (non-hydrogen) atoms. The van der Waals surface area contributed by atoms with Crippen molar-refractivity contribution in [3.8, 4) is 23.0 Å². The minimum Gasteiger partial charge on any atom is -0.491 e. The van der Waals surface area contributed by atoms with Crippen LogP contribution in [-0.4, -0.2) is 95.4 Å². The number of para-hydroxylation sites is 2. The molecule has 0 radical (unpaired) electrons. The molecular formula is C37H47NO11. The first-order chi connectivity index (χ1) is 24.0. The molecule has 0 aromatic heterocycles. The van der Waals surface area contributed by atoms with Crippen LogP contribution in [0.3, 0.4) is 0 Å². The van der Waals surface area contributed by atoms with E-state index in [0.29, 0.717) is 62.2 Å². The monoisotopic (exact) mass is 681 g/mol. The summed E-state index contributed by atoms with van der Waals surface area (Å²) in [4.78, 5) is 23.5. The van der Waals surface area contributed by atoms with E-state index in [2.05, 4.69) is 11.9 Å². The highest BCUT2D eigenvalue weighted by atomic mass is 16.6. The fourth-order valence-electron chi connectivity index (χ4n) is 4.12. The maximum absolute atomic E-state index is 12.4. The number of alkyl carbamates (subject to hydrolysis) is 1. The smallest absolute Gasteiger partial charge is 0.407 e. The Kier molecular flexibility index (Phi) is 19.2. The Hall–Kier alpha value is -4.78. The van der Waals surface area contributed by atoms with Crippen LogP contribution in [-0.2, 0) is 23.7 Å². The van der Waals surface area contributed by atoms with Crippen LogP contribution in [0.4, 0.5) is 4.79 Å². The summed E-state index contributed by atoms with van der Waals surface area (Å²) in [7, 11) is 0. The first-order valence-corrected chi connectivity index (χ1v) is 16.3. The topological polar surface area (TPSA) is 140 Å². The Morgan fingerprint density at radius 3 is 1.88 bits per heavy atom. The van der Waals surface area contributed by atoms with Crippen LogP contribution in [0.15, 0.2) is 97.6 Å². The molecule has 0 spiro atoms. The molecule has 12 nitrogen and oxygen atoms in total. The molecule has 3 aromatic rings. The minimum absolute atomic E-state index is 0.106. The Labute approximate surface area is 287 Å². The predicted octanol–water partition coefficient (Wildman–Crippen LogP) is 4.99. The zero-order valence-electron chi connectivity index (χ0n) is 27.7. The zero-order valence-corrected chi connectivity index (χ0v) is 27.7. The van der Waals surface area contributed by atoms with Gasteiger partial charge in [0.15, 0.2) is 6.10 Å². The molecule has 0 bridgehead atoms. The first-order valence-electron chi connectivity index (χ1n) is 16.3. The van der Waals surface area contributed by atoms with Crippen molar-refractivity contribution in [1.82, 2.24) is 5.32 Å². The molecule has 3 rings (SSSR count). The van der Waals surface area contributed by atoms with Gasteiger partial charge in [-0.1, -0.05) is 49.0 Å². The molecule has 0 aliphatic carbocycles. The number of unbranched alkanes of at least 4 members (excludes halogenated alkanes) is 2. The molecule has 0 heterocycles. The number of amides is 1. The number of esters is 1.